The molecule has 0 aliphatic carbocycles. The molecule has 1 fully saturated rings. The van der Waals surface area contributed by atoms with Gasteiger partial charge in [-0.3, -0.25) is 14.4 Å². The molecule has 1 aliphatic rings. The number of carbonyl (C=O) groups excluding carboxylic acids is 4. The van der Waals surface area contributed by atoms with Crippen molar-refractivity contribution in [1.82, 2.24) is 0 Å². The van der Waals surface area contributed by atoms with Gasteiger partial charge < -0.3 is 28.4 Å². The molecule has 1 heterocycles. The van der Waals surface area contributed by atoms with E-state index in [9.17, 15) is 19.2 Å². The van der Waals surface area contributed by atoms with E-state index in [0.717, 1.165) is 34.3 Å². The number of esters is 4. The zero-order chi connectivity index (χ0) is 20.6. The Morgan fingerprint density at radius 1 is 0.852 bits per heavy atom. The second-order valence-electron chi connectivity index (χ2n) is 5.89. The van der Waals surface area contributed by atoms with Crippen LogP contribution in [0.4, 0.5) is 0 Å². The van der Waals surface area contributed by atoms with E-state index in [1.54, 1.807) is 0 Å². The second-order valence-corrected chi connectivity index (χ2v) is 5.89. The van der Waals surface area contributed by atoms with Crippen LogP contribution in [-0.2, 0) is 47.6 Å². The minimum absolute atomic E-state index is 0.248. The van der Waals surface area contributed by atoms with Crippen molar-refractivity contribution in [3.8, 4) is 0 Å². The number of rotatable bonds is 8. The van der Waals surface area contributed by atoms with E-state index in [4.69, 9.17) is 23.7 Å². The van der Waals surface area contributed by atoms with Gasteiger partial charge >= 0.3 is 23.9 Å². The first-order valence-electron chi connectivity index (χ1n) is 8.57. The van der Waals surface area contributed by atoms with E-state index in [1.807, 2.05) is 6.92 Å². The average Bonchev–Trinajstić information content (AvgIpc) is 2.57. The number of ether oxygens (including phenoxy) is 6. The summed E-state index contributed by atoms with van der Waals surface area (Å²) < 4.78 is 31.4. The zero-order valence-electron chi connectivity index (χ0n) is 16.1. The molecule has 0 radical (unpaired) electrons. The molecule has 1 aliphatic heterocycles. The number of hydrogen-bond acceptors (Lipinski definition) is 10. The maximum Gasteiger partial charge on any atom is 0.339 e. The van der Waals surface area contributed by atoms with Gasteiger partial charge in [0.05, 0.1) is 7.11 Å². The lowest BCUT2D eigenvalue weighted by Gasteiger charge is -2.43. The predicted octanol–water partition coefficient (Wildman–Crippen LogP) is 0.496. The van der Waals surface area contributed by atoms with Gasteiger partial charge in [0.2, 0.25) is 0 Å². The fraction of sp³-hybridized carbons (Fsp3) is 0.765. The highest BCUT2D eigenvalue weighted by Gasteiger charge is 2.55. The summed E-state index contributed by atoms with van der Waals surface area (Å²) in [4.78, 5) is 46.8. The van der Waals surface area contributed by atoms with E-state index >= 15 is 0 Å². The lowest BCUT2D eigenvalue weighted by atomic mass is 9.97. The van der Waals surface area contributed by atoms with E-state index in [-0.39, 0.29) is 6.61 Å². The average molecular weight is 390 g/mol. The fourth-order valence-corrected chi connectivity index (χ4v) is 2.56. The third-order valence-corrected chi connectivity index (χ3v) is 3.61. The first-order chi connectivity index (χ1) is 12.7. The molecule has 27 heavy (non-hydrogen) atoms. The Morgan fingerprint density at radius 3 is 1.85 bits per heavy atom. The molecule has 1 saturated heterocycles. The molecular formula is C17H26O10. The first kappa shape index (κ1) is 22.8. The van der Waals surface area contributed by atoms with Gasteiger partial charge in [0, 0.05) is 27.4 Å². The molecule has 10 heteroatoms. The predicted molar refractivity (Wildman–Crippen MR) is 88.2 cm³/mol. The lowest BCUT2D eigenvalue weighted by molar-refractivity contribution is -0.301. The molecule has 0 N–H and O–H groups in total. The van der Waals surface area contributed by atoms with Crippen LogP contribution in [0.2, 0.25) is 0 Å². The van der Waals surface area contributed by atoms with Crippen molar-refractivity contribution in [3.05, 3.63) is 0 Å². The summed E-state index contributed by atoms with van der Waals surface area (Å²) in [5.74, 6) is -3.03. The monoisotopic (exact) mass is 390 g/mol. The van der Waals surface area contributed by atoms with E-state index in [1.165, 1.54) is 0 Å². The standard InChI is InChI=1S/C17H26O10/c1-6-7-8-23-17-15(26-11(4)20)13(25-10(3)19)12(24-9(2)18)14(27-17)16(21)22-5/h12-15,17H,6-8H2,1-5H3/t12-,13-,14-,15+,17-/m0/s1. The summed E-state index contributed by atoms with van der Waals surface area (Å²) in [6, 6.07) is 0. The van der Waals surface area contributed by atoms with Crippen molar-refractivity contribution in [3.63, 3.8) is 0 Å². The summed E-state index contributed by atoms with van der Waals surface area (Å²) in [7, 11) is 1.13. The molecule has 0 unspecified atom stereocenters. The van der Waals surface area contributed by atoms with Crippen molar-refractivity contribution in [2.75, 3.05) is 13.7 Å². The summed E-state index contributed by atoms with van der Waals surface area (Å²) in [6.45, 7) is 5.60. The lowest BCUT2D eigenvalue weighted by Crippen LogP contribution is -2.63. The Balaban J connectivity index is 3.27. The molecule has 0 aromatic heterocycles. The zero-order valence-corrected chi connectivity index (χ0v) is 16.1. The van der Waals surface area contributed by atoms with Crippen LogP contribution in [0, 0.1) is 0 Å². The molecule has 0 amide bonds. The minimum atomic E-state index is -1.43. The van der Waals surface area contributed by atoms with Crippen molar-refractivity contribution in [2.24, 2.45) is 0 Å². The van der Waals surface area contributed by atoms with Crippen LogP contribution < -0.4 is 0 Å². The first-order valence-corrected chi connectivity index (χ1v) is 8.57. The molecule has 0 spiro atoms. The SMILES string of the molecule is CCCCO[C@H]1O[C@H](C(=O)OC)[C@@H](OC(C)=O)[C@H](OC(C)=O)[C@H]1OC(C)=O. The van der Waals surface area contributed by atoms with E-state index in [0.29, 0.717) is 6.42 Å². The minimum Gasteiger partial charge on any atom is -0.467 e. The molecule has 0 aromatic rings. The smallest absolute Gasteiger partial charge is 0.339 e. The quantitative estimate of drug-likeness (QED) is 0.329. The summed E-state index contributed by atoms with van der Waals surface area (Å²) in [5.41, 5.74) is 0. The Morgan fingerprint density at radius 2 is 1.37 bits per heavy atom. The Bertz CT molecular complexity index is 546. The van der Waals surface area contributed by atoms with Crippen molar-refractivity contribution >= 4 is 23.9 Å². The topological polar surface area (TPSA) is 124 Å². The summed E-state index contributed by atoms with van der Waals surface area (Å²) >= 11 is 0. The highest BCUT2D eigenvalue weighted by atomic mass is 16.7. The van der Waals surface area contributed by atoms with Gasteiger partial charge in [-0.2, -0.15) is 0 Å². The van der Waals surface area contributed by atoms with Crippen molar-refractivity contribution in [2.45, 2.75) is 71.2 Å². The normalized spacial score (nSPS) is 27.4. The van der Waals surface area contributed by atoms with Gasteiger partial charge in [0.1, 0.15) is 0 Å². The van der Waals surface area contributed by atoms with Crippen LogP contribution in [0.1, 0.15) is 40.5 Å². The van der Waals surface area contributed by atoms with Crippen molar-refractivity contribution in [1.29, 1.82) is 0 Å². The number of methoxy groups -OCH3 is 1. The molecule has 5 atom stereocenters. The van der Waals surface area contributed by atoms with Gasteiger partial charge in [-0.15, -0.1) is 0 Å². The number of unbranched alkanes of at least 4 members (excludes halogenated alkanes) is 1. The van der Waals surface area contributed by atoms with E-state index in [2.05, 4.69) is 4.74 Å². The van der Waals surface area contributed by atoms with Crippen LogP contribution in [0.3, 0.4) is 0 Å². The fourth-order valence-electron chi connectivity index (χ4n) is 2.56. The maximum absolute atomic E-state index is 12.2. The van der Waals surface area contributed by atoms with Crippen LogP contribution in [0.25, 0.3) is 0 Å². The molecule has 0 bridgehead atoms. The largest absolute Gasteiger partial charge is 0.467 e. The highest BCUT2D eigenvalue weighted by molar-refractivity contribution is 5.77. The molecule has 1 rings (SSSR count). The summed E-state index contributed by atoms with van der Waals surface area (Å²) in [6.07, 6.45) is -5.08. The van der Waals surface area contributed by atoms with Gasteiger partial charge in [-0.25, -0.2) is 4.79 Å². The Labute approximate surface area is 157 Å². The van der Waals surface area contributed by atoms with Crippen molar-refractivity contribution < 1.29 is 47.6 Å². The maximum atomic E-state index is 12.2. The number of hydrogen-bond donors (Lipinski definition) is 0. The Hall–Kier alpha value is -2.20. The van der Waals surface area contributed by atoms with Crippen LogP contribution >= 0.6 is 0 Å². The molecule has 0 aromatic carbocycles. The molecule has 0 saturated carbocycles. The van der Waals surface area contributed by atoms with Gasteiger partial charge in [0.15, 0.2) is 30.7 Å². The molecule has 154 valence electrons. The van der Waals surface area contributed by atoms with Crippen LogP contribution in [0.5, 0.6) is 0 Å². The molecule has 10 nitrogen and oxygen atoms in total. The second kappa shape index (κ2) is 10.8. The van der Waals surface area contributed by atoms with Gasteiger partial charge in [-0.1, -0.05) is 13.3 Å². The van der Waals surface area contributed by atoms with Gasteiger partial charge in [0.25, 0.3) is 0 Å². The Kier molecular flexibility index (Phi) is 9.16. The van der Waals surface area contributed by atoms with Crippen LogP contribution in [-0.4, -0.2) is 68.3 Å². The summed E-state index contributed by atoms with van der Waals surface area (Å²) in [5, 5.41) is 0. The van der Waals surface area contributed by atoms with Gasteiger partial charge in [-0.05, 0) is 6.42 Å². The third kappa shape index (κ3) is 6.79. The molecular weight excluding hydrogens is 364 g/mol. The highest BCUT2D eigenvalue weighted by Crippen LogP contribution is 2.30. The number of carbonyl (C=O) groups is 4. The van der Waals surface area contributed by atoms with Crippen LogP contribution in [0.15, 0.2) is 0 Å². The third-order valence-electron chi connectivity index (χ3n) is 3.61. The van der Waals surface area contributed by atoms with E-state index < -0.39 is 54.6 Å².